The second-order valence-electron chi connectivity index (χ2n) is 4.16. The zero-order valence-electron chi connectivity index (χ0n) is 11.3. The summed E-state index contributed by atoms with van der Waals surface area (Å²) in [6, 6.07) is 7.00. The summed E-state index contributed by atoms with van der Waals surface area (Å²) in [7, 11) is -3.44. The number of sulfonamides is 1. The molecule has 0 saturated heterocycles. The van der Waals surface area contributed by atoms with Gasteiger partial charge in [0.05, 0.1) is 17.9 Å². The number of hydrogen-bond acceptors (Lipinski definition) is 3. The minimum absolute atomic E-state index is 0.00514. The highest BCUT2D eigenvalue weighted by Gasteiger charge is 2.32. The zero-order chi connectivity index (χ0) is 14.6. The molecule has 0 aromatic heterocycles. The molecule has 1 heterocycles. The number of para-hydroxylation sites is 1. The molecule has 0 saturated carbocycles. The van der Waals surface area contributed by atoms with Crippen molar-refractivity contribution in [1.29, 1.82) is 0 Å². The summed E-state index contributed by atoms with van der Waals surface area (Å²) < 4.78 is 24.5. The summed E-state index contributed by atoms with van der Waals surface area (Å²) in [6.07, 6.45) is 1.46. The molecule has 0 unspecified atom stereocenters. The number of anilines is 1. The van der Waals surface area contributed by atoms with Crippen LogP contribution in [0.15, 0.2) is 24.3 Å². The van der Waals surface area contributed by atoms with Crippen molar-refractivity contribution in [1.82, 2.24) is 0 Å². The molecule has 0 fully saturated rings. The van der Waals surface area contributed by atoms with Crippen LogP contribution in [-0.4, -0.2) is 32.3 Å². The van der Waals surface area contributed by atoms with Gasteiger partial charge in [0.2, 0.25) is 10.0 Å². The van der Waals surface area contributed by atoms with E-state index in [1.807, 2.05) is 13.8 Å². The Labute approximate surface area is 113 Å². The zero-order valence-corrected chi connectivity index (χ0v) is 12.1. The molecule has 1 aromatic rings. The van der Waals surface area contributed by atoms with E-state index in [-0.39, 0.29) is 6.54 Å². The molecule has 1 aliphatic heterocycles. The summed E-state index contributed by atoms with van der Waals surface area (Å²) >= 11 is 0. The van der Waals surface area contributed by atoms with Crippen molar-refractivity contribution in [3.05, 3.63) is 29.8 Å². The Morgan fingerprint density at radius 2 is 1.89 bits per heavy atom. The van der Waals surface area contributed by atoms with E-state index < -0.39 is 21.9 Å². The van der Waals surface area contributed by atoms with Gasteiger partial charge in [-0.3, -0.25) is 9.10 Å². The fourth-order valence-electron chi connectivity index (χ4n) is 2.03. The van der Waals surface area contributed by atoms with Crippen molar-refractivity contribution in [3.63, 3.8) is 0 Å². The van der Waals surface area contributed by atoms with Gasteiger partial charge >= 0.3 is 5.97 Å². The second kappa shape index (κ2) is 6.06. The maximum atomic E-state index is 11.7. The predicted octanol–water partition coefficient (Wildman–Crippen LogP) is 1.74. The van der Waals surface area contributed by atoms with Crippen LogP contribution in [0.3, 0.4) is 0 Å². The molecule has 5 nitrogen and oxygen atoms in total. The molecule has 0 radical (unpaired) electrons. The summed E-state index contributed by atoms with van der Waals surface area (Å²) in [6.45, 7) is 4.01. The third-order valence-electron chi connectivity index (χ3n) is 2.86. The maximum Gasteiger partial charge on any atom is 0.308 e. The van der Waals surface area contributed by atoms with Crippen LogP contribution in [0.25, 0.3) is 0 Å². The molecule has 1 aromatic carbocycles. The summed E-state index contributed by atoms with van der Waals surface area (Å²) in [5.41, 5.74) is 1.35. The topological polar surface area (TPSA) is 74.7 Å². The van der Waals surface area contributed by atoms with Crippen LogP contribution in [-0.2, 0) is 21.2 Å². The highest BCUT2D eigenvalue weighted by molar-refractivity contribution is 7.92. The number of fused-ring (bicyclic) bond motifs is 1. The van der Waals surface area contributed by atoms with Crippen molar-refractivity contribution in [3.8, 4) is 0 Å². The van der Waals surface area contributed by atoms with Gasteiger partial charge < -0.3 is 5.11 Å². The van der Waals surface area contributed by atoms with E-state index in [9.17, 15) is 13.2 Å². The largest absolute Gasteiger partial charge is 0.481 e. The Morgan fingerprint density at radius 1 is 1.32 bits per heavy atom. The van der Waals surface area contributed by atoms with E-state index in [0.717, 1.165) is 11.8 Å². The van der Waals surface area contributed by atoms with E-state index in [1.54, 1.807) is 24.3 Å². The van der Waals surface area contributed by atoms with Crippen LogP contribution in [0.5, 0.6) is 0 Å². The smallest absolute Gasteiger partial charge is 0.308 e. The number of benzene rings is 1. The van der Waals surface area contributed by atoms with Crippen molar-refractivity contribution >= 4 is 21.7 Å². The molecule has 6 heteroatoms. The summed E-state index contributed by atoms with van der Waals surface area (Å²) in [5, 5.41) is 9.03. The molecule has 106 valence electrons. The van der Waals surface area contributed by atoms with E-state index in [2.05, 4.69) is 0 Å². The molecule has 2 rings (SSSR count). The van der Waals surface area contributed by atoms with Gasteiger partial charge in [0.1, 0.15) is 0 Å². The van der Waals surface area contributed by atoms with Crippen molar-refractivity contribution < 1.29 is 18.3 Å². The average Bonchev–Trinajstić information content (AvgIpc) is 2.38. The summed E-state index contributed by atoms with van der Waals surface area (Å²) in [5.74, 6) is -1.65. The Kier molecular flexibility index (Phi) is 4.94. The van der Waals surface area contributed by atoms with Gasteiger partial charge in [-0.1, -0.05) is 32.0 Å². The third kappa shape index (κ3) is 3.47. The van der Waals surface area contributed by atoms with E-state index in [0.29, 0.717) is 12.1 Å². The average molecular weight is 285 g/mol. The lowest BCUT2D eigenvalue weighted by Gasteiger charge is -2.32. The highest BCUT2D eigenvalue weighted by atomic mass is 32.2. The number of aliphatic carboxylic acids is 1. The number of hydrogen-bond donors (Lipinski definition) is 1. The van der Waals surface area contributed by atoms with E-state index in [4.69, 9.17) is 5.11 Å². The number of carbonyl (C=O) groups is 1. The number of carboxylic acid groups (broad SMARTS) is 1. The lowest BCUT2D eigenvalue weighted by atomic mass is 9.94. The van der Waals surface area contributed by atoms with E-state index in [1.165, 1.54) is 4.31 Å². The van der Waals surface area contributed by atoms with Crippen molar-refractivity contribution in [2.24, 2.45) is 5.92 Å². The molecule has 0 bridgehead atoms. The molecule has 1 atom stereocenters. The third-order valence-corrected chi connectivity index (χ3v) is 4.01. The van der Waals surface area contributed by atoms with Crippen LogP contribution in [0.1, 0.15) is 19.4 Å². The summed E-state index contributed by atoms with van der Waals surface area (Å²) in [4.78, 5) is 11.0. The quantitative estimate of drug-likeness (QED) is 0.898. The van der Waals surface area contributed by atoms with Gasteiger partial charge in [0.25, 0.3) is 0 Å². The molecule has 19 heavy (non-hydrogen) atoms. The molecule has 0 amide bonds. The first kappa shape index (κ1) is 15.5. The van der Waals surface area contributed by atoms with Gasteiger partial charge in [-0.05, 0) is 18.1 Å². The normalized spacial score (nSPS) is 18.1. The van der Waals surface area contributed by atoms with Crippen molar-refractivity contribution in [2.75, 3.05) is 17.1 Å². The Morgan fingerprint density at radius 3 is 2.42 bits per heavy atom. The lowest BCUT2D eigenvalue weighted by Crippen LogP contribution is -2.42. The minimum atomic E-state index is -3.44. The maximum absolute atomic E-state index is 11.7. The number of carboxylic acids is 1. The molecule has 1 aliphatic rings. The Hall–Kier alpha value is -1.56. The van der Waals surface area contributed by atoms with Gasteiger partial charge in [-0.25, -0.2) is 8.42 Å². The van der Waals surface area contributed by atoms with Crippen LogP contribution >= 0.6 is 0 Å². The molecule has 1 N–H and O–H groups in total. The van der Waals surface area contributed by atoms with Gasteiger partial charge in [-0.15, -0.1) is 0 Å². The second-order valence-corrected chi connectivity index (χ2v) is 6.07. The van der Waals surface area contributed by atoms with Crippen LogP contribution in [0.4, 0.5) is 5.69 Å². The lowest BCUT2D eigenvalue weighted by molar-refractivity contribution is -0.141. The van der Waals surface area contributed by atoms with Gasteiger partial charge in [-0.2, -0.15) is 0 Å². The van der Waals surface area contributed by atoms with Crippen LogP contribution < -0.4 is 4.31 Å². The van der Waals surface area contributed by atoms with Crippen LogP contribution in [0.2, 0.25) is 0 Å². The molecule has 0 aliphatic carbocycles. The standard InChI is InChI=1S/C11H13NO4S.C2H6/c1-17(15,16)12-7-9(11(13)14)6-8-4-2-3-5-10(8)12;1-2/h2-5,9H,6-7H2,1H3,(H,13,14);1-2H3/t9-;/m1./s1. The van der Waals surface area contributed by atoms with Gasteiger partial charge in [0, 0.05) is 6.54 Å². The van der Waals surface area contributed by atoms with Gasteiger partial charge in [0.15, 0.2) is 0 Å². The SMILES string of the molecule is CC.CS(=O)(=O)N1C[C@H](C(=O)O)Cc2ccccc21. The number of rotatable bonds is 2. The van der Waals surface area contributed by atoms with E-state index >= 15 is 0 Å². The van der Waals surface area contributed by atoms with Crippen molar-refractivity contribution in [2.45, 2.75) is 20.3 Å². The first-order chi connectivity index (χ1) is 8.89. The molecule has 0 spiro atoms. The first-order valence-corrected chi connectivity index (χ1v) is 8.03. The fraction of sp³-hybridized carbons (Fsp3) is 0.462. The minimum Gasteiger partial charge on any atom is -0.481 e. The first-order valence-electron chi connectivity index (χ1n) is 6.18. The Balaban J connectivity index is 0.000000861. The molecular formula is C13H19NO4S. The molecular weight excluding hydrogens is 266 g/mol. The van der Waals surface area contributed by atoms with Crippen LogP contribution in [0, 0.1) is 5.92 Å². The Bertz CT molecular complexity index is 554. The predicted molar refractivity (Wildman–Crippen MR) is 74.8 cm³/mol. The highest BCUT2D eigenvalue weighted by Crippen LogP contribution is 2.31. The monoisotopic (exact) mass is 285 g/mol. The fourth-order valence-corrected chi connectivity index (χ4v) is 3.02. The number of nitrogens with zero attached hydrogens (tertiary/aromatic N) is 1.